The van der Waals surface area contributed by atoms with Gasteiger partial charge in [0.2, 0.25) is 0 Å². The molecule has 4 nitrogen and oxygen atoms in total. The highest BCUT2D eigenvalue weighted by atomic mass is 32.1. The highest BCUT2D eigenvalue weighted by Gasteiger charge is 2.08. The van der Waals surface area contributed by atoms with Gasteiger partial charge in [-0.2, -0.15) is 0 Å². The smallest absolute Gasteiger partial charge is 0.306 e. The molecule has 0 bridgehead atoms. The van der Waals surface area contributed by atoms with Crippen LogP contribution in [0.1, 0.15) is 42.2 Å². The zero-order valence-electron chi connectivity index (χ0n) is 14.8. The summed E-state index contributed by atoms with van der Waals surface area (Å²) in [6, 6.07) is 12.4. The first kappa shape index (κ1) is 19.2. The van der Waals surface area contributed by atoms with E-state index in [4.69, 9.17) is 4.74 Å². The molecule has 0 aliphatic heterocycles. The number of ether oxygens (including phenoxy) is 1. The Bertz CT molecular complexity index is 663. The summed E-state index contributed by atoms with van der Waals surface area (Å²) in [6.45, 7) is 4.65. The van der Waals surface area contributed by atoms with Crippen LogP contribution in [0.25, 0.3) is 0 Å². The molecule has 0 fully saturated rings. The van der Waals surface area contributed by atoms with Crippen molar-refractivity contribution in [3.8, 4) is 0 Å². The summed E-state index contributed by atoms with van der Waals surface area (Å²) < 4.78 is 5.00. The fourth-order valence-corrected chi connectivity index (χ4v) is 3.07. The summed E-state index contributed by atoms with van der Waals surface area (Å²) in [5, 5.41) is 4.76. The van der Waals surface area contributed by atoms with Gasteiger partial charge in [0, 0.05) is 11.4 Å². The fourth-order valence-electron chi connectivity index (χ4n) is 2.36. The average Bonchev–Trinajstić information content (AvgIpc) is 3.12. The van der Waals surface area contributed by atoms with Crippen molar-refractivity contribution in [2.45, 2.75) is 39.0 Å². The molecule has 2 aromatic rings. The standard InChI is InChI=1S/C20H25NO3S/c1-15(2)17-7-5-16(6-8-17)11-12-21-19(22)14-24-20(23)10-9-18-4-3-13-25-18/h3-8,13,15H,9-12,14H2,1-2H3,(H,21,22). The van der Waals surface area contributed by atoms with E-state index in [0.717, 1.165) is 11.3 Å². The van der Waals surface area contributed by atoms with Crippen LogP contribution in [-0.4, -0.2) is 25.0 Å². The van der Waals surface area contributed by atoms with E-state index >= 15 is 0 Å². The lowest BCUT2D eigenvalue weighted by atomic mass is 10.0. The maximum Gasteiger partial charge on any atom is 0.306 e. The van der Waals surface area contributed by atoms with Crippen LogP contribution in [0.2, 0.25) is 0 Å². The number of aryl methyl sites for hydroxylation is 1. The van der Waals surface area contributed by atoms with Crippen molar-refractivity contribution in [2.75, 3.05) is 13.2 Å². The Morgan fingerprint density at radius 3 is 2.52 bits per heavy atom. The molecule has 1 aromatic heterocycles. The van der Waals surface area contributed by atoms with Crippen molar-refractivity contribution < 1.29 is 14.3 Å². The van der Waals surface area contributed by atoms with E-state index in [9.17, 15) is 9.59 Å². The van der Waals surface area contributed by atoms with Crippen molar-refractivity contribution in [1.29, 1.82) is 0 Å². The number of hydrogen-bond acceptors (Lipinski definition) is 4. The molecule has 5 heteroatoms. The Morgan fingerprint density at radius 1 is 1.12 bits per heavy atom. The Labute approximate surface area is 153 Å². The largest absolute Gasteiger partial charge is 0.456 e. The van der Waals surface area contributed by atoms with Gasteiger partial charge in [-0.05, 0) is 41.3 Å². The second kappa shape index (κ2) is 9.99. The second-order valence-electron chi connectivity index (χ2n) is 6.24. The topological polar surface area (TPSA) is 55.4 Å². The number of thiophene rings is 1. The SMILES string of the molecule is CC(C)c1ccc(CCNC(=O)COC(=O)CCc2cccs2)cc1. The van der Waals surface area contributed by atoms with Gasteiger partial charge >= 0.3 is 5.97 Å². The zero-order valence-corrected chi connectivity index (χ0v) is 15.6. The summed E-state index contributed by atoms with van der Waals surface area (Å²) in [6.07, 6.45) is 1.72. The highest BCUT2D eigenvalue weighted by Crippen LogP contribution is 2.14. The fraction of sp³-hybridized carbons (Fsp3) is 0.400. The number of carbonyl (C=O) groups excluding carboxylic acids is 2. The number of nitrogens with one attached hydrogen (secondary N) is 1. The number of benzene rings is 1. The third-order valence-corrected chi connectivity index (χ3v) is 4.84. The van der Waals surface area contributed by atoms with Crippen LogP contribution >= 0.6 is 11.3 Å². The Hall–Kier alpha value is -2.14. The van der Waals surface area contributed by atoms with E-state index in [-0.39, 0.29) is 18.5 Å². The van der Waals surface area contributed by atoms with E-state index in [1.807, 2.05) is 17.5 Å². The van der Waals surface area contributed by atoms with Crippen molar-refractivity contribution >= 4 is 23.2 Å². The normalized spacial score (nSPS) is 10.7. The Kier molecular flexibility index (Phi) is 7.67. The molecule has 0 aliphatic rings. The molecule has 0 atom stereocenters. The number of carbonyl (C=O) groups is 2. The molecule has 2 rings (SSSR count). The van der Waals surface area contributed by atoms with Gasteiger partial charge in [0.15, 0.2) is 6.61 Å². The van der Waals surface area contributed by atoms with Gasteiger partial charge in [-0.15, -0.1) is 11.3 Å². The van der Waals surface area contributed by atoms with Crippen LogP contribution < -0.4 is 5.32 Å². The van der Waals surface area contributed by atoms with Crippen molar-refractivity contribution in [2.24, 2.45) is 0 Å². The summed E-state index contributed by atoms with van der Waals surface area (Å²) in [4.78, 5) is 24.5. The predicted octanol–water partition coefficient (Wildman–Crippen LogP) is 3.71. The molecule has 25 heavy (non-hydrogen) atoms. The molecule has 1 heterocycles. The van der Waals surface area contributed by atoms with Crippen LogP contribution in [0.5, 0.6) is 0 Å². The minimum Gasteiger partial charge on any atom is -0.456 e. The van der Waals surface area contributed by atoms with Crippen LogP contribution in [0.3, 0.4) is 0 Å². The molecule has 134 valence electrons. The third kappa shape index (κ3) is 7.10. The monoisotopic (exact) mass is 359 g/mol. The lowest BCUT2D eigenvalue weighted by molar-refractivity contribution is -0.148. The van der Waals surface area contributed by atoms with Gasteiger partial charge in [-0.25, -0.2) is 0 Å². The Morgan fingerprint density at radius 2 is 1.88 bits per heavy atom. The summed E-state index contributed by atoms with van der Waals surface area (Å²) >= 11 is 1.61. The first-order valence-corrected chi connectivity index (χ1v) is 9.46. The quantitative estimate of drug-likeness (QED) is 0.695. The summed E-state index contributed by atoms with van der Waals surface area (Å²) in [7, 11) is 0. The lowest BCUT2D eigenvalue weighted by Crippen LogP contribution is -2.30. The van der Waals surface area contributed by atoms with Crippen LogP contribution in [-0.2, 0) is 27.2 Å². The molecular formula is C20H25NO3S. The number of amides is 1. The van der Waals surface area contributed by atoms with E-state index in [1.54, 1.807) is 11.3 Å². The molecule has 1 amide bonds. The van der Waals surface area contributed by atoms with Gasteiger partial charge in [0.1, 0.15) is 0 Å². The molecule has 0 saturated carbocycles. The minimum absolute atomic E-state index is 0.213. The van der Waals surface area contributed by atoms with Crippen molar-refractivity contribution in [3.63, 3.8) is 0 Å². The summed E-state index contributed by atoms with van der Waals surface area (Å²) in [5.41, 5.74) is 2.49. The highest BCUT2D eigenvalue weighted by molar-refractivity contribution is 7.09. The second-order valence-corrected chi connectivity index (χ2v) is 7.27. The van der Waals surface area contributed by atoms with Gasteiger partial charge < -0.3 is 10.1 Å². The van der Waals surface area contributed by atoms with Crippen LogP contribution in [0.4, 0.5) is 0 Å². The van der Waals surface area contributed by atoms with E-state index in [2.05, 4.69) is 43.4 Å². The lowest BCUT2D eigenvalue weighted by Gasteiger charge is -2.08. The molecule has 0 aliphatic carbocycles. The maximum atomic E-state index is 11.7. The van der Waals surface area contributed by atoms with Crippen LogP contribution in [0.15, 0.2) is 41.8 Å². The third-order valence-electron chi connectivity index (χ3n) is 3.90. The molecule has 0 unspecified atom stereocenters. The molecule has 1 aromatic carbocycles. The van der Waals surface area contributed by atoms with Gasteiger partial charge in [-0.1, -0.05) is 44.2 Å². The number of hydrogen-bond donors (Lipinski definition) is 1. The molecular weight excluding hydrogens is 334 g/mol. The van der Waals surface area contributed by atoms with Gasteiger partial charge in [0.25, 0.3) is 5.91 Å². The molecule has 0 saturated heterocycles. The zero-order chi connectivity index (χ0) is 18.1. The minimum atomic E-state index is -0.340. The van der Waals surface area contributed by atoms with Gasteiger partial charge in [-0.3, -0.25) is 9.59 Å². The number of rotatable bonds is 9. The Balaban J connectivity index is 1.59. The van der Waals surface area contributed by atoms with Crippen LogP contribution in [0, 0.1) is 0 Å². The van der Waals surface area contributed by atoms with E-state index in [1.165, 1.54) is 11.1 Å². The molecule has 0 spiro atoms. The molecule has 1 N–H and O–H groups in total. The van der Waals surface area contributed by atoms with Gasteiger partial charge in [0.05, 0.1) is 6.42 Å². The first-order valence-electron chi connectivity index (χ1n) is 8.58. The van der Waals surface area contributed by atoms with Crippen molar-refractivity contribution in [3.05, 3.63) is 57.8 Å². The molecule has 0 radical (unpaired) electrons. The number of esters is 1. The first-order chi connectivity index (χ1) is 12.0. The average molecular weight is 359 g/mol. The maximum absolute atomic E-state index is 11.7. The predicted molar refractivity (Wildman–Crippen MR) is 101 cm³/mol. The van der Waals surface area contributed by atoms with Crippen molar-refractivity contribution in [1.82, 2.24) is 5.32 Å². The summed E-state index contributed by atoms with van der Waals surface area (Å²) in [5.74, 6) is -0.0839. The van der Waals surface area contributed by atoms with E-state index in [0.29, 0.717) is 25.3 Å². The van der Waals surface area contributed by atoms with E-state index < -0.39 is 0 Å².